The molecule has 0 aromatic heterocycles. The van der Waals surface area contributed by atoms with Gasteiger partial charge in [0.25, 0.3) is 0 Å². The van der Waals surface area contributed by atoms with Crippen molar-refractivity contribution in [1.82, 2.24) is 4.90 Å². The summed E-state index contributed by atoms with van der Waals surface area (Å²) >= 11 is 0. The van der Waals surface area contributed by atoms with Crippen LogP contribution < -0.4 is 0 Å². The average Bonchev–Trinajstić information content (AvgIpc) is 2.13. The summed E-state index contributed by atoms with van der Waals surface area (Å²) < 4.78 is 5.46. The van der Waals surface area contributed by atoms with E-state index < -0.39 is 0 Å². The molecule has 0 aromatic carbocycles. The first kappa shape index (κ1) is 12.9. The first-order valence-corrected chi connectivity index (χ1v) is 5.65. The van der Waals surface area contributed by atoms with Gasteiger partial charge in [0.05, 0.1) is 6.61 Å². The highest BCUT2D eigenvalue weighted by Crippen LogP contribution is 1.94. The molecule has 0 N–H and O–H groups in total. The summed E-state index contributed by atoms with van der Waals surface area (Å²) in [5.41, 5.74) is 0. The van der Waals surface area contributed by atoms with Crippen LogP contribution in [0, 0.1) is 0 Å². The van der Waals surface area contributed by atoms with Crippen LogP contribution in [0.3, 0.4) is 0 Å². The first-order valence-electron chi connectivity index (χ1n) is 5.65. The Labute approximate surface area is 83.3 Å². The van der Waals surface area contributed by atoms with Gasteiger partial charge in [0, 0.05) is 13.2 Å². The second-order valence-electron chi connectivity index (χ2n) is 3.45. The van der Waals surface area contributed by atoms with Gasteiger partial charge in [-0.1, -0.05) is 20.8 Å². The third-order valence-electron chi connectivity index (χ3n) is 1.98. The topological polar surface area (TPSA) is 12.5 Å². The summed E-state index contributed by atoms with van der Waals surface area (Å²) in [5.74, 6) is 0. The lowest BCUT2D eigenvalue weighted by molar-refractivity contribution is 0.104. The highest BCUT2D eigenvalue weighted by atomic mass is 16.5. The van der Waals surface area contributed by atoms with Crippen molar-refractivity contribution in [3.8, 4) is 0 Å². The standard InChI is InChI=1S/C11H25NO/c1-4-7-12(8-5-2)9-11-13-10-6-3/h4-11H2,1-3H3. The number of hydrogen-bond acceptors (Lipinski definition) is 2. The van der Waals surface area contributed by atoms with E-state index in [-0.39, 0.29) is 0 Å². The van der Waals surface area contributed by atoms with Crippen molar-refractivity contribution in [2.24, 2.45) is 0 Å². The van der Waals surface area contributed by atoms with Crippen LogP contribution in [0.5, 0.6) is 0 Å². The highest BCUT2D eigenvalue weighted by molar-refractivity contribution is 4.54. The fourth-order valence-corrected chi connectivity index (χ4v) is 1.41. The third-order valence-corrected chi connectivity index (χ3v) is 1.98. The molecule has 2 nitrogen and oxygen atoms in total. The molecule has 0 aromatic rings. The van der Waals surface area contributed by atoms with Crippen LogP contribution in [0.4, 0.5) is 0 Å². The van der Waals surface area contributed by atoms with Gasteiger partial charge in [0.1, 0.15) is 0 Å². The number of nitrogens with zero attached hydrogens (tertiary/aromatic N) is 1. The molecule has 0 bridgehead atoms. The van der Waals surface area contributed by atoms with E-state index in [1.165, 1.54) is 25.9 Å². The van der Waals surface area contributed by atoms with Gasteiger partial charge in [-0.2, -0.15) is 0 Å². The molecule has 80 valence electrons. The molecule has 0 rings (SSSR count). The SMILES string of the molecule is CCCOCCN(CCC)CCC. The van der Waals surface area contributed by atoms with E-state index in [4.69, 9.17) is 4.74 Å². The molecule has 13 heavy (non-hydrogen) atoms. The van der Waals surface area contributed by atoms with Crippen molar-refractivity contribution >= 4 is 0 Å². The van der Waals surface area contributed by atoms with Gasteiger partial charge in [0.15, 0.2) is 0 Å². The van der Waals surface area contributed by atoms with Crippen LogP contribution in [-0.4, -0.2) is 37.7 Å². The molecule has 0 unspecified atom stereocenters. The minimum Gasteiger partial charge on any atom is -0.380 e. The van der Waals surface area contributed by atoms with Crippen LogP contribution in [0.1, 0.15) is 40.0 Å². The largest absolute Gasteiger partial charge is 0.380 e. The smallest absolute Gasteiger partial charge is 0.0593 e. The Balaban J connectivity index is 3.33. The third kappa shape index (κ3) is 8.26. The summed E-state index contributed by atoms with van der Waals surface area (Å²) in [6.45, 7) is 11.9. The van der Waals surface area contributed by atoms with E-state index >= 15 is 0 Å². The summed E-state index contributed by atoms with van der Waals surface area (Å²) in [7, 11) is 0. The van der Waals surface area contributed by atoms with Crippen LogP contribution in [-0.2, 0) is 4.74 Å². The van der Waals surface area contributed by atoms with E-state index in [2.05, 4.69) is 25.7 Å². The van der Waals surface area contributed by atoms with Gasteiger partial charge < -0.3 is 9.64 Å². The molecule has 0 aliphatic carbocycles. The predicted octanol–water partition coefficient (Wildman–Crippen LogP) is 2.54. The molecular weight excluding hydrogens is 162 g/mol. The monoisotopic (exact) mass is 187 g/mol. The normalized spacial score (nSPS) is 11.1. The second-order valence-corrected chi connectivity index (χ2v) is 3.45. The first-order chi connectivity index (χ1) is 6.35. The Morgan fingerprint density at radius 2 is 1.38 bits per heavy atom. The van der Waals surface area contributed by atoms with Crippen LogP contribution >= 0.6 is 0 Å². The number of rotatable bonds is 9. The van der Waals surface area contributed by atoms with E-state index in [1.54, 1.807) is 0 Å². The Kier molecular flexibility index (Phi) is 9.94. The lowest BCUT2D eigenvalue weighted by Crippen LogP contribution is -2.29. The molecule has 2 heteroatoms. The van der Waals surface area contributed by atoms with Crippen molar-refractivity contribution in [2.75, 3.05) is 32.8 Å². The van der Waals surface area contributed by atoms with Crippen LogP contribution in [0.2, 0.25) is 0 Å². The minimum absolute atomic E-state index is 0.897. The van der Waals surface area contributed by atoms with Gasteiger partial charge in [-0.05, 0) is 32.4 Å². The molecule has 0 saturated carbocycles. The molecule has 0 fully saturated rings. The minimum atomic E-state index is 0.897. The zero-order valence-electron chi connectivity index (χ0n) is 9.51. The van der Waals surface area contributed by atoms with E-state index in [0.29, 0.717) is 0 Å². The molecular formula is C11H25NO. The van der Waals surface area contributed by atoms with Crippen molar-refractivity contribution in [3.63, 3.8) is 0 Å². The van der Waals surface area contributed by atoms with Gasteiger partial charge in [0.2, 0.25) is 0 Å². The van der Waals surface area contributed by atoms with Crippen LogP contribution in [0.25, 0.3) is 0 Å². The summed E-state index contributed by atoms with van der Waals surface area (Å²) in [5, 5.41) is 0. The lowest BCUT2D eigenvalue weighted by atomic mass is 10.3. The van der Waals surface area contributed by atoms with E-state index in [1.807, 2.05) is 0 Å². The fourth-order valence-electron chi connectivity index (χ4n) is 1.41. The molecule has 0 atom stereocenters. The molecule has 0 radical (unpaired) electrons. The van der Waals surface area contributed by atoms with Gasteiger partial charge in [-0.15, -0.1) is 0 Å². The maximum atomic E-state index is 5.46. The maximum Gasteiger partial charge on any atom is 0.0593 e. The average molecular weight is 187 g/mol. The Morgan fingerprint density at radius 3 is 1.85 bits per heavy atom. The van der Waals surface area contributed by atoms with Crippen molar-refractivity contribution < 1.29 is 4.74 Å². The molecule has 0 spiro atoms. The predicted molar refractivity (Wildman–Crippen MR) is 58.1 cm³/mol. The second kappa shape index (κ2) is 10.0. The van der Waals surface area contributed by atoms with E-state index in [0.717, 1.165) is 26.2 Å². The number of ether oxygens (including phenoxy) is 1. The zero-order chi connectivity index (χ0) is 9.94. The molecule has 0 saturated heterocycles. The molecule has 0 aliphatic rings. The summed E-state index contributed by atoms with van der Waals surface area (Å²) in [4.78, 5) is 2.48. The Bertz CT molecular complexity index is 90.1. The van der Waals surface area contributed by atoms with Gasteiger partial charge in [-0.3, -0.25) is 0 Å². The van der Waals surface area contributed by atoms with Gasteiger partial charge >= 0.3 is 0 Å². The highest BCUT2D eigenvalue weighted by Gasteiger charge is 2.00. The van der Waals surface area contributed by atoms with E-state index in [9.17, 15) is 0 Å². The molecule has 0 heterocycles. The lowest BCUT2D eigenvalue weighted by Gasteiger charge is -2.20. The Morgan fingerprint density at radius 1 is 0.769 bits per heavy atom. The molecule has 0 amide bonds. The van der Waals surface area contributed by atoms with Crippen LogP contribution in [0.15, 0.2) is 0 Å². The summed E-state index contributed by atoms with van der Waals surface area (Å²) in [6, 6.07) is 0. The zero-order valence-corrected chi connectivity index (χ0v) is 9.51. The maximum absolute atomic E-state index is 5.46. The van der Waals surface area contributed by atoms with Crippen molar-refractivity contribution in [2.45, 2.75) is 40.0 Å². The summed E-state index contributed by atoms with van der Waals surface area (Å²) in [6.07, 6.45) is 3.61. The van der Waals surface area contributed by atoms with Gasteiger partial charge in [-0.25, -0.2) is 0 Å². The van der Waals surface area contributed by atoms with Crippen molar-refractivity contribution in [3.05, 3.63) is 0 Å². The fraction of sp³-hybridized carbons (Fsp3) is 1.00. The molecule has 0 aliphatic heterocycles. The Hall–Kier alpha value is -0.0800. The number of hydrogen-bond donors (Lipinski definition) is 0. The quantitative estimate of drug-likeness (QED) is 0.514. The van der Waals surface area contributed by atoms with Crippen molar-refractivity contribution in [1.29, 1.82) is 0 Å².